The number of nitrogens with zero attached hydrogens (tertiary/aromatic N) is 4. The first-order chi connectivity index (χ1) is 15.6. The van der Waals surface area contributed by atoms with Crippen molar-refractivity contribution in [2.75, 3.05) is 17.2 Å². The number of hydrogen-bond donors (Lipinski definition) is 0. The second kappa shape index (κ2) is 8.59. The van der Waals surface area contributed by atoms with Gasteiger partial charge in [-0.15, -0.1) is 0 Å². The highest BCUT2D eigenvalue weighted by molar-refractivity contribution is 7.99. The fourth-order valence-electron chi connectivity index (χ4n) is 4.05. The fourth-order valence-corrected chi connectivity index (χ4v) is 4.93. The third-order valence-corrected chi connectivity index (χ3v) is 6.53. The molecule has 6 nitrogen and oxygen atoms in total. The Morgan fingerprint density at radius 2 is 1.91 bits per heavy atom. The molecular weight excluding hydrogens is 420 g/mol. The van der Waals surface area contributed by atoms with Crippen molar-refractivity contribution in [3.63, 3.8) is 0 Å². The molecule has 32 heavy (non-hydrogen) atoms. The van der Waals surface area contributed by atoms with Crippen LogP contribution < -0.4 is 10.5 Å². The number of hydrogen-bond acceptors (Lipinski definition) is 5. The van der Waals surface area contributed by atoms with Gasteiger partial charge in [0.05, 0.1) is 16.7 Å². The summed E-state index contributed by atoms with van der Waals surface area (Å²) in [6.45, 7) is 2.66. The van der Waals surface area contributed by atoms with Gasteiger partial charge < -0.3 is 4.90 Å². The molecule has 1 amide bonds. The lowest BCUT2D eigenvalue weighted by molar-refractivity contribution is -0.116. The summed E-state index contributed by atoms with van der Waals surface area (Å²) >= 11 is 1.27. The van der Waals surface area contributed by atoms with Gasteiger partial charge in [0.25, 0.3) is 5.56 Å². The molecule has 0 saturated carbocycles. The first kappa shape index (κ1) is 20.5. The summed E-state index contributed by atoms with van der Waals surface area (Å²) in [5.74, 6) is 0.699. The largest absolute Gasteiger partial charge is 0.311 e. The first-order valence-corrected chi connectivity index (χ1v) is 11.6. The molecule has 0 aliphatic carbocycles. The molecule has 4 aromatic rings. The Labute approximate surface area is 189 Å². The Morgan fingerprint density at radius 1 is 1.09 bits per heavy atom. The van der Waals surface area contributed by atoms with E-state index in [-0.39, 0.29) is 17.2 Å². The van der Waals surface area contributed by atoms with Gasteiger partial charge in [-0.1, -0.05) is 42.1 Å². The predicted molar refractivity (Wildman–Crippen MR) is 128 cm³/mol. The van der Waals surface area contributed by atoms with Crippen LogP contribution in [-0.4, -0.2) is 32.7 Å². The summed E-state index contributed by atoms with van der Waals surface area (Å²) in [6.07, 6.45) is 3.61. The van der Waals surface area contributed by atoms with E-state index in [1.54, 1.807) is 12.3 Å². The molecule has 0 saturated heterocycles. The quantitative estimate of drug-likeness (QED) is 0.351. The van der Waals surface area contributed by atoms with Crippen LogP contribution >= 0.6 is 11.8 Å². The molecule has 0 bridgehead atoms. The number of benzene rings is 2. The predicted octanol–water partition coefficient (Wildman–Crippen LogP) is 4.16. The van der Waals surface area contributed by atoms with E-state index in [2.05, 4.69) is 11.1 Å². The molecule has 0 unspecified atom stereocenters. The molecule has 5 rings (SSSR count). The van der Waals surface area contributed by atoms with Gasteiger partial charge in [-0.05, 0) is 61.2 Å². The van der Waals surface area contributed by atoms with Gasteiger partial charge in [0, 0.05) is 18.4 Å². The SMILES string of the molecule is Cc1ccnc(-n2c(SCC(=O)N3CCCc4ccccc43)nc3ccccc3c2=O)c1. The van der Waals surface area contributed by atoms with E-state index >= 15 is 0 Å². The van der Waals surface area contributed by atoms with Gasteiger partial charge in [0.1, 0.15) is 5.82 Å². The van der Waals surface area contributed by atoms with Crippen LogP contribution in [0.5, 0.6) is 0 Å². The molecule has 2 aromatic carbocycles. The number of pyridine rings is 1. The lowest BCUT2D eigenvalue weighted by atomic mass is 10.0. The first-order valence-electron chi connectivity index (χ1n) is 10.6. The minimum absolute atomic E-state index is 0.00769. The standard InChI is InChI=1S/C25H22N4O2S/c1-17-12-13-26-22(15-17)29-24(31)19-9-3-4-10-20(19)27-25(29)32-16-23(30)28-14-6-8-18-7-2-5-11-21(18)28/h2-5,7,9-13,15H,6,8,14,16H2,1H3. The maximum atomic E-state index is 13.3. The Bertz CT molecular complexity index is 1380. The van der Waals surface area contributed by atoms with Crippen LogP contribution in [0.3, 0.4) is 0 Å². The van der Waals surface area contributed by atoms with Crippen molar-refractivity contribution < 1.29 is 4.79 Å². The number of carbonyl (C=O) groups is 1. The Morgan fingerprint density at radius 3 is 2.78 bits per heavy atom. The average Bonchev–Trinajstić information content (AvgIpc) is 2.82. The number of rotatable bonds is 4. The topological polar surface area (TPSA) is 68.1 Å². The van der Waals surface area contributed by atoms with E-state index in [0.29, 0.717) is 28.4 Å². The smallest absolute Gasteiger partial charge is 0.267 e. The van der Waals surface area contributed by atoms with Crippen molar-refractivity contribution in [3.8, 4) is 5.82 Å². The van der Waals surface area contributed by atoms with Crippen LogP contribution in [-0.2, 0) is 11.2 Å². The van der Waals surface area contributed by atoms with Crippen LogP contribution in [0, 0.1) is 6.92 Å². The molecular formula is C25H22N4O2S. The van der Waals surface area contributed by atoms with Crippen LogP contribution in [0.4, 0.5) is 5.69 Å². The van der Waals surface area contributed by atoms with Crippen LogP contribution in [0.1, 0.15) is 17.5 Å². The lowest BCUT2D eigenvalue weighted by Crippen LogP contribution is -2.36. The Kier molecular flexibility index (Phi) is 5.49. The zero-order chi connectivity index (χ0) is 22.1. The second-order valence-electron chi connectivity index (χ2n) is 7.81. The number of fused-ring (bicyclic) bond motifs is 2. The van der Waals surface area contributed by atoms with Crippen molar-refractivity contribution in [2.24, 2.45) is 0 Å². The molecule has 0 N–H and O–H groups in total. The molecule has 3 heterocycles. The molecule has 1 aliphatic rings. The molecule has 0 atom stereocenters. The highest BCUT2D eigenvalue weighted by Crippen LogP contribution is 2.28. The van der Waals surface area contributed by atoms with Gasteiger partial charge in [0.15, 0.2) is 5.16 Å². The molecule has 0 radical (unpaired) electrons. The number of para-hydroxylation sites is 2. The fraction of sp³-hybridized carbons (Fsp3) is 0.200. The maximum absolute atomic E-state index is 13.3. The zero-order valence-corrected chi connectivity index (χ0v) is 18.5. The van der Waals surface area contributed by atoms with E-state index in [1.165, 1.54) is 21.9 Å². The molecule has 1 aliphatic heterocycles. The minimum atomic E-state index is -0.188. The highest BCUT2D eigenvalue weighted by atomic mass is 32.2. The number of thioether (sulfide) groups is 1. The molecule has 2 aromatic heterocycles. The van der Waals surface area contributed by atoms with Crippen molar-refractivity contribution in [1.29, 1.82) is 0 Å². The second-order valence-corrected chi connectivity index (χ2v) is 8.75. The van der Waals surface area contributed by atoms with Gasteiger partial charge in [0.2, 0.25) is 5.91 Å². The monoisotopic (exact) mass is 442 g/mol. The van der Waals surface area contributed by atoms with Crippen molar-refractivity contribution >= 4 is 34.3 Å². The van der Waals surface area contributed by atoms with Crippen molar-refractivity contribution in [1.82, 2.24) is 14.5 Å². The number of anilines is 1. The minimum Gasteiger partial charge on any atom is -0.311 e. The van der Waals surface area contributed by atoms with Gasteiger partial charge in [-0.2, -0.15) is 0 Å². The number of aromatic nitrogens is 3. The van der Waals surface area contributed by atoms with Gasteiger partial charge in [-0.25, -0.2) is 14.5 Å². The third kappa shape index (κ3) is 3.80. The Hall–Kier alpha value is -3.45. The van der Waals surface area contributed by atoms with E-state index < -0.39 is 0 Å². The van der Waals surface area contributed by atoms with E-state index in [0.717, 1.165) is 24.1 Å². The summed E-state index contributed by atoms with van der Waals surface area (Å²) in [6, 6.07) is 19.0. The molecule has 7 heteroatoms. The number of carbonyl (C=O) groups excluding carboxylic acids is 1. The van der Waals surface area contributed by atoms with Crippen LogP contribution in [0.15, 0.2) is 76.8 Å². The van der Waals surface area contributed by atoms with Gasteiger partial charge >= 0.3 is 0 Å². The zero-order valence-electron chi connectivity index (χ0n) is 17.7. The van der Waals surface area contributed by atoms with Crippen molar-refractivity contribution in [3.05, 3.63) is 88.3 Å². The van der Waals surface area contributed by atoms with Crippen LogP contribution in [0.2, 0.25) is 0 Å². The number of aryl methyl sites for hydroxylation is 2. The van der Waals surface area contributed by atoms with Crippen LogP contribution in [0.25, 0.3) is 16.7 Å². The third-order valence-electron chi connectivity index (χ3n) is 5.61. The molecule has 160 valence electrons. The summed E-state index contributed by atoms with van der Waals surface area (Å²) < 4.78 is 1.51. The summed E-state index contributed by atoms with van der Waals surface area (Å²) in [7, 11) is 0. The number of amides is 1. The molecule has 0 fully saturated rings. The average molecular weight is 443 g/mol. The highest BCUT2D eigenvalue weighted by Gasteiger charge is 2.23. The van der Waals surface area contributed by atoms with Crippen molar-refractivity contribution in [2.45, 2.75) is 24.9 Å². The maximum Gasteiger partial charge on any atom is 0.267 e. The van der Waals surface area contributed by atoms with E-state index in [1.807, 2.05) is 60.4 Å². The summed E-state index contributed by atoms with van der Waals surface area (Å²) in [5, 5.41) is 0.988. The summed E-state index contributed by atoms with van der Waals surface area (Å²) in [4.78, 5) is 37.5. The van der Waals surface area contributed by atoms with E-state index in [4.69, 9.17) is 4.98 Å². The molecule has 0 spiro atoms. The normalized spacial score (nSPS) is 13.2. The van der Waals surface area contributed by atoms with Gasteiger partial charge in [-0.3, -0.25) is 9.59 Å². The summed E-state index contributed by atoms with van der Waals surface area (Å²) in [5.41, 5.74) is 3.59. The Balaban J connectivity index is 1.51. The lowest BCUT2D eigenvalue weighted by Gasteiger charge is -2.29. The van der Waals surface area contributed by atoms with E-state index in [9.17, 15) is 9.59 Å².